The number of aromatic nitrogens is 4. The van der Waals surface area contributed by atoms with E-state index in [4.69, 9.17) is 0 Å². The number of nitrogens with one attached hydrogen (secondary N) is 1. The van der Waals surface area contributed by atoms with Crippen LogP contribution in [0.3, 0.4) is 0 Å². The maximum Gasteiger partial charge on any atom is 0.408 e. The standard InChI is InChI=1S/C23H21F3N6O2/c24-23(25,26)13-31-12-15(10-28-31)17-3-1-4-18(29-17)22(34)30-19-9-16(32-8-2-5-20(32)33)11-27-21(19)14-6-7-14/h1,3-4,9-12,14H,2,5-8,13H2,(H,30,34). The number of carbonyl (C=O) groups is 2. The van der Waals surface area contributed by atoms with Crippen molar-refractivity contribution in [2.45, 2.75) is 44.3 Å². The molecule has 11 heteroatoms. The van der Waals surface area contributed by atoms with Crippen LogP contribution in [0.25, 0.3) is 11.3 Å². The second kappa shape index (κ2) is 8.54. The number of nitrogens with zero attached hydrogens (tertiary/aromatic N) is 5. The van der Waals surface area contributed by atoms with Gasteiger partial charge in [0.1, 0.15) is 12.2 Å². The quantitative estimate of drug-likeness (QED) is 0.584. The Balaban J connectivity index is 1.38. The highest BCUT2D eigenvalue weighted by Gasteiger charge is 2.31. The van der Waals surface area contributed by atoms with Crippen molar-refractivity contribution in [1.29, 1.82) is 0 Å². The normalized spacial score (nSPS) is 16.2. The van der Waals surface area contributed by atoms with Crippen molar-refractivity contribution < 1.29 is 22.8 Å². The Morgan fingerprint density at radius 3 is 2.74 bits per heavy atom. The van der Waals surface area contributed by atoms with Gasteiger partial charge >= 0.3 is 6.18 Å². The van der Waals surface area contributed by atoms with Gasteiger partial charge in [0.15, 0.2) is 0 Å². The number of rotatable bonds is 6. The van der Waals surface area contributed by atoms with Crippen LogP contribution in [0.15, 0.2) is 42.9 Å². The van der Waals surface area contributed by atoms with Crippen molar-refractivity contribution in [1.82, 2.24) is 19.7 Å². The van der Waals surface area contributed by atoms with Gasteiger partial charge in [-0.2, -0.15) is 18.3 Å². The summed E-state index contributed by atoms with van der Waals surface area (Å²) in [4.78, 5) is 35.7. The first-order valence-electron chi connectivity index (χ1n) is 10.9. The minimum absolute atomic E-state index is 0.0266. The lowest BCUT2D eigenvalue weighted by molar-refractivity contribution is -0.142. The molecular formula is C23H21F3N6O2. The molecule has 8 nitrogen and oxygen atoms in total. The number of amides is 2. The Bertz CT molecular complexity index is 1250. The average molecular weight is 470 g/mol. The summed E-state index contributed by atoms with van der Waals surface area (Å²) in [6.07, 6.45) is 3.03. The summed E-state index contributed by atoms with van der Waals surface area (Å²) in [5, 5.41) is 6.60. The summed E-state index contributed by atoms with van der Waals surface area (Å²) in [5.41, 5.74) is 2.75. The van der Waals surface area contributed by atoms with E-state index in [0.29, 0.717) is 35.6 Å². The maximum absolute atomic E-state index is 13.0. The fourth-order valence-electron chi connectivity index (χ4n) is 3.99. The third-order valence-corrected chi connectivity index (χ3v) is 5.75. The fourth-order valence-corrected chi connectivity index (χ4v) is 3.99. The Labute approximate surface area is 192 Å². The predicted molar refractivity (Wildman–Crippen MR) is 117 cm³/mol. The first-order valence-corrected chi connectivity index (χ1v) is 10.9. The highest BCUT2D eigenvalue weighted by Crippen LogP contribution is 2.43. The van der Waals surface area contributed by atoms with Crippen molar-refractivity contribution in [3.63, 3.8) is 0 Å². The van der Waals surface area contributed by atoms with Gasteiger partial charge in [0.25, 0.3) is 5.91 Å². The molecule has 4 heterocycles. The van der Waals surface area contributed by atoms with Gasteiger partial charge in [0.05, 0.1) is 35.2 Å². The Morgan fingerprint density at radius 1 is 1.21 bits per heavy atom. The van der Waals surface area contributed by atoms with E-state index >= 15 is 0 Å². The molecule has 2 fully saturated rings. The third kappa shape index (κ3) is 4.78. The van der Waals surface area contributed by atoms with E-state index in [1.165, 1.54) is 18.5 Å². The van der Waals surface area contributed by atoms with Crippen molar-refractivity contribution in [2.24, 2.45) is 0 Å². The fraction of sp³-hybridized carbons (Fsp3) is 0.348. The van der Waals surface area contributed by atoms with E-state index in [9.17, 15) is 22.8 Å². The van der Waals surface area contributed by atoms with E-state index in [1.54, 1.807) is 29.3 Å². The number of hydrogen-bond acceptors (Lipinski definition) is 5. The molecule has 176 valence electrons. The second-order valence-electron chi connectivity index (χ2n) is 8.45. The Morgan fingerprint density at radius 2 is 2.03 bits per heavy atom. The zero-order valence-electron chi connectivity index (χ0n) is 18.0. The van der Waals surface area contributed by atoms with Crippen LogP contribution in [0.5, 0.6) is 0 Å². The molecule has 2 aliphatic rings. The van der Waals surface area contributed by atoms with Gasteiger partial charge in [0.2, 0.25) is 5.91 Å². The number of anilines is 2. The summed E-state index contributed by atoms with van der Waals surface area (Å²) in [6.45, 7) is -0.595. The third-order valence-electron chi connectivity index (χ3n) is 5.75. The van der Waals surface area contributed by atoms with E-state index in [2.05, 4.69) is 20.4 Å². The molecule has 1 saturated heterocycles. The molecule has 0 spiro atoms. The molecular weight excluding hydrogens is 449 g/mol. The molecule has 0 aromatic carbocycles. The number of hydrogen-bond donors (Lipinski definition) is 1. The van der Waals surface area contributed by atoms with Crippen LogP contribution in [0.4, 0.5) is 24.5 Å². The van der Waals surface area contributed by atoms with Gasteiger partial charge in [-0.15, -0.1) is 0 Å². The van der Waals surface area contributed by atoms with Crippen molar-refractivity contribution in [3.05, 3.63) is 54.2 Å². The first kappa shape index (κ1) is 22.1. The lowest BCUT2D eigenvalue weighted by atomic mass is 10.1. The van der Waals surface area contributed by atoms with Crippen molar-refractivity contribution >= 4 is 23.2 Å². The molecule has 34 heavy (non-hydrogen) atoms. The number of carbonyl (C=O) groups excluding carboxylic acids is 2. The topological polar surface area (TPSA) is 93.0 Å². The van der Waals surface area contributed by atoms with Crippen LogP contribution in [0.2, 0.25) is 0 Å². The SMILES string of the molecule is O=C(Nc1cc(N2CCCC2=O)cnc1C1CC1)c1cccc(-c2cnn(CC(F)(F)F)c2)n1. The molecule has 0 unspecified atom stereocenters. The van der Waals surface area contributed by atoms with Crippen molar-refractivity contribution in [3.8, 4) is 11.3 Å². The molecule has 3 aromatic rings. The molecule has 1 aliphatic heterocycles. The molecule has 2 amide bonds. The van der Waals surface area contributed by atoms with E-state index in [-0.39, 0.29) is 17.5 Å². The molecule has 1 saturated carbocycles. The largest absolute Gasteiger partial charge is 0.408 e. The highest BCUT2D eigenvalue weighted by molar-refractivity contribution is 6.04. The summed E-state index contributed by atoms with van der Waals surface area (Å²) in [5.74, 6) is -0.186. The summed E-state index contributed by atoms with van der Waals surface area (Å²) < 4.78 is 38.6. The lowest BCUT2D eigenvalue weighted by Crippen LogP contribution is -2.24. The van der Waals surface area contributed by atoms with Gasteiger partial charge < -0.3 is 10.2 Å². The zero-order valence-corrected chi connectivity index (χ0v) is 18.0. The first-order chi connectivity index (χ1) is 16.3. The van der Waals surface area contributed by atoms with Crippen LogP contribution in [0.1, 0.15) is 47.8 Å². The average Bonchev–Trinajstić information content (AvgIpc) is 3.39. The molecule has 1 aliphatic carbocycles. The van der Waals surface area contributed by atoms with E-state index in [1.807, 2.05) is 0 Å². The molecule has 0 atom stereocenters. The van der Waals surface area contributed by atoms with Crippen LogP contribution in [-0.4, -0.2) is 44.3 Å². The minimum atomic E-state index is -4.39. The maximum atomic E-state index is 13.0. The smallest absolute Gasteiger partial charge is 0.319 e. The number of halogens is 3. The van der Waals surface area contributed by atoms with Gasteiger partial charge in [-0.25, -0.2) is 4.98 Å². The highest BCUT2D eigenvalue weighted by atomic mass is 19.4. The number of alkyl halides is 3. The minimum Gasteiger partial charge on any atom is -0.319 e. The second-order valence-corrected chi connectivity index (χ2v) is 8.45. The lowest BCUT2D eigenvalue weighted by Gasteiger charge is -2.18. The van der Waals surface area contributed by atoms with Crippen LogP contribution < -0.4 is 10.2 Å². The molecule has 3 aromatic heterocycles. The van der Waals surface area contributed by atoms with Gasteiger partial charge in [-0.05, 0) is 37.5 Å². The molecule has 5 rings (SSSR count). The van der Waals surface area contributed by atoms with Gasteiger partial charge in [-0.1, -0.05) is 6.07 Å². The Hall–Kier alpha value is -3.76. The number of pyridine rings is 2. The van der Waals surface area contributed by atoms with Crippen molar-refractivity contribution in [2.75, 3.05) is 16.8 Å². The predicted octanol–water partition coefficient (Wildman–Crippen LogP) is 4.16. The summed E-state index contributed by atoms with van der Waals surface area (Å²) >= 11 is 0. The molecule has 0 radical (unpaired) electrons. The van der Waals surface area contributed by atoms with E-state index < -0.39 is 18.6 Å². The van der Waals surface area contributed by atoms with Crippen LogP contribution >= 0.6 is 0 Å². The van der Waals surface area contributed by atoms with Crippen LogP contribution in [0, 0.1) is 0 Å². The van der Waals surface area contributed by atoms with Crippen LogP contribution in [-0.2, 0) is 11.3 Å². The monoisotopic (exact) mass is 470 g/mol. The summed E-state index contributed by atoms with van der Waals surface area (Å²) in [6, 6.07) is 6.50. The van der Waals surface area contributed by atoms with Gasteiger partial charge in [-0.3, -0.25) is 19.3 Å². The molecule has 1 N–H and O–H groups in total. The Kier molecular flexibility index (Phi) is 5.54. The van der Waals surface area contributed by atoms with Gasteiger partial charge in [0, 0.05) is 30.6 Å². The van der Waals surface area contributed by atoms with E-state index in [0.717, 1.165) is 29.6 Å². The summed E-state index contributed by atoms with van der Waals surface area (Å²) in [7, 11) is 0. The zero-order chi connectivity index (χ0) is 23.9. The molecule has 0 bridgehead atoms.